The maximum absolute atomic E-state index is 5.55. The molecule has 2 aliphatic rings. The van der Waals surface area contributed by atoms with Crippen molar-refractivity contribution in [3.63, 3.8) is 0 Å². The summed E-state index contributed by atoms with van der Waals surface area (Å²) in [5.41, 5.74) is 2.35. The quantitative estimate of drug-likeness (QED) is 0.301. The molecule has 0 bridgehead atoms. The van der Waals surface area contributed by atoms with Gasteiger partial charge in [-0.15, -0.1) is 24.0 Å². The summed E-state index contributed by atoms with van der Waals surface area (Å²) in [5.74, 6) is 2.88. The molecule has 2 aromatic rings. The summed E-state index contributed by atoms with van der Waals surface area (Å²) >= 11 is 0. The van der Waals surface area contributed by atoms with E-state index in [4.69, 9.17) is 9.73 Å². The molecule has 1 atom stereocenters. The molecule has 1 aromatic heterocycles. The zero-order chi connectivity index (χ0) is 22.2. The van der Waals surface area contributed by atoms with Crippen LogP contribution in [0, 0.1) is 0 Å². The fraction of sp³-hybridized carbons (Fsp3) is 0.520. The summed E-state index contributed by atoms with van der Waals surface area (Å²) in [6.07, 6.45) is 6.82. The second-order valence-corrected chi connectivity index (χ2v) is 8.51. The summed E-state index contributed by atoms with van der Waals surface area (Å²) in [6, 6.07) is 12.8. The second kappa shape index (κ2) is 12.9. The number of piperidine rings is 1. The van der Waals surface area contributed by atoms with Crippen LogP contribution in [0.4, 0.5) is 11.5 Å². The Labute approximate surface area is 215 Å². The van der Waals surface area contributed by atoms with E-state index >= 15 is 0 Å². The molecule has 33 heavy (non-hydrogen) atoms. The normalized spacial score (nSPS) is 18.6. The van der Waals surface area contributed by atoms with Crippen LogP contribution in [0.5, 0.6) is 5.75 Å². The molecule has 1 aromatic carbocycles. The fourth-order valence-electron chi connectivity index (χ4n) is 4.53. The van der Waals surface area contributed by atoms with Crippen molar-refractivity contribution in [2.24, 2.45) is 4.99 Å². The fourth-order valence-corrected chi connectivity index (χ4v) is 4.53. The molecule has 1 unspecified atom stereocenters. The molecule has 0 saturated carbocycles. The van der Waals surface area contributed by atoms with E-state index in [2.05, 4.69) is 56.6 Å². The van der Waals surface area contributed by atoms with Gasteiger partial charge in [0.1, 0.15) is 11.6 Å². The van der Waals surface area contributed by atoms with Gasteiger partial charge < -0.3 is 25.2 Å². The van der Waals surface area contributed by atoms with Gasteiger partial charge in [-0.2, -0.15) is 0 Å². The molecule has 4 rings (SSSR count). The van der Waals surface area contributed by atoms with E-state index in [1.807, 2.05) is 18.3 Å². The Hall–Kier alpha value is -2.23. The molecular formula is C25H37IN6O. The van der Waals surface area contributed by atoms with Crippen LogP contribution in [0.1, 0.15) is 38.2 Å². The molecule has 2 fully saturated rings. The van der Waals surface area contributed by atoms with Gasteiger partial charge in [0, 0.05) is 45.0 Å². The first-order valence-corrected chi connectivity index (χ1v) is 11.9. The third kappa shape index (κ3) is 6.88. The SMILES string of the molecule is CCNC(=NCc1ccnc(N2CCCCC2)c1)NC1CCN(c2ccccc2OC)C1.I. The lowest BCUT2D eigenvalue weighted by atomic mass is 10.1. The molecule has 180 valence electrons. The topological polar surface area (TPSA) is 65.0 Å². The van der Waals surface area contributed by atoms with Crippen molar-refractivity contribution >= 4 is 41.4 Å². The summed E-state index contributed by atoms with van der Waals surface area (Å²) < 4.78 is 5.55. The maximum atomic E-state index is 5.55. The number of ether oxygens (including phenoxy) is 1. The Morgan fingerprint density at radius 3 is 2.73 bits per heavy atom. The number of guanidine groups is 1. The van der Waals surface area contributed by atoms with Gasteiger partial charge in [0.25, 0.3) is 0 Å². The summed E-state index contributed by atoms with van der Waals surface area (Å²) in [4.78, 5) is 14.2. The molecule has 2 N–H and O–H groups in total. The smallest absolute Gasteiger partial charge is 0.191 e. The van der Waals surface area contributed by atoms with Crippen LogP contribution < -0.4 is 25.2 Å². The van der Waals surface area contributed by atoms with Crippen molar-refractivity contribution in [2.75, 3.05) is 49.6 Å². The lowest BCUT2D eigenvalue weighted by Crippen LogP contribution is -2.44. The largest absolute Gasteiger partial charge is 0.495 e. The van der Waals surface area contributed by atoms with Crippen LogP contribution in [0.3, 0.4) is 0 Å². The highest BCUT2D eigenvalue weighted by Gasteiger charge is 2.25. The van der Waals surface area contributed by atoms with E-state index in [1.54, 1.807) is 7.11 Å². The van der Waals surface area contributed by atoms with Gasteiger partial charge in [0.2, 0.25) is 0 Å². The van der Waals surface area contributed by atoms with Crippen molar-refractivity contribution in [3.8, 4) is 5.75 Å². The first kappa shape index (κ1) is 25.4. The lowest BCUT2D eigenvalue weighted by molar-refractivity contribution is 0.415. The molecule has 8 heteroatoms. The predicted molar refractivity (Wildman–Crippen MR) is 147 cm³/mol. The Kier molecular flexibility index (Phi) is 9.90. The highest BCUT2D eigenvalue weighted by atomic mass is 127. The van der Waals surface area contributed by atoms with E-state index in [1.165, 1.54) is 24.8 Å². The van der Waals surface area contributed by atoms with Gasteiger partial charge in [0.05, 0.1) is 19.3 Å². The zero-order valence-electron chi connectivity index (χ0n) is 19.8. The third-order valence-electron chi connectivity index (χ3n) is 6.21. The zero-order valence-corrected chi connectivity index (χ0v) is 22.1. The van der Waals surface area contributed by atoms with Crippen LogP contribution in [0.2, 0.25) is 0 Å². The Morgan fingerprint density at radius 2 is 1.94 bits per heavy atom. The first-order chi connectivity index (χ1) is 15.8. The molecule has 0 radical (unpaired) electrons. The van der Waals surface area contributed by atoms with E-state index in [-0.39, 0.29) is 24.0 Å². The van der Waals surface area contributed by atoms with Gasteiger partial charge in [-0.25, -0.2) is 9.98 Å². The minimum atomic E-state index is 0. The number of nitrogens with zero attached hydrogens (tertiary/aromatic N) is 4. The molecule has 0 aliphatic carbocycles. The average Bonchev–Trinajstić information content (AvgIpc) is 3.32. The maximum Gasteiger partial charge on any atom is 0.191 e. The molecule has 0 amide bonds. The second-order valence-electron chi connectivity index (χ2n) is 8.51. The van der Waals surface area contributed by atoms with Crippen LogP contribution in [-0.4, -0.2) is 56.8 Å². The minimum absolute atomic E-state index is 0. The average molecular weight is 565 g/mol. The number of hydrogen-bond acceptors (Lipinski definition) is 5. The number of aromatic nitrogens is 1. The van der Waals surface area contributed by atoms with Crippen molar-refractivity contribution in [1.29, 1.82) is 0 Å². The monoisotopic (exact) mass is 564 g/mol. The number of nitrogens with one attached hydrogen (secondary N) is 2. The highest BCUT2D eigenvalue weighted by Crippen LogP contribution is 2.30. The van der Waals surface area contributed by atoms with Gasteiger partial charge in [-0.05, 0) is 62.4 Å². The lowest BCUT2D eigenvalue weighted by Gasteiger charge is -2.27. The summed E-state index contributed by atoms with van der Waals surface area (Å²) in [7, 11) is 1.73. The van der Waals surface area contributed by atoms with Crippen LogP contribution in [-0.2, 0) is 6.54 Å². The van der Waals surface area contributed by atoms with Crippen molar-refractivity contribution in [3.05, 3.63) is 48.2 Å². The number of para-hydroxylation sites is 2. The Bertz CT molecular complexity index is 902. The number of hydrogen-bond donors (Lipinski definition) is 2. The predicted octanol–water partition coefficient (Wildman–Crippen LogP) is 4.03. The summed E-state index contributed by atoms with van der Waals surface area (Å²) in [5, 5.41) is 7.04. The number of aliphatic imine (C=N–C) groups is 1. The van der Waals surface area contributed by atoms with E-state index in [0.717, 1.165) is 62.4 Å². The Morgan fingerprint density at radius 1 is 1.12 bits per heavy atom. The van der Waals surface area contributed by atoms with E-state index in [9.17, 15) is 0 Å². The van der Waals surface area contributed by atoms with Gasteiger partial charge in [0.15, 0.2) is 5.96 Å². The molecule has 0 spiro atoms. The number of benzene rings is 1. The van der Waals surface area contributed by atoms with E-state index < -0.39 is 0 Å². The van der Waals surface area contributed by atoms with E-state index in [0.29, 0.717) is 12.6 Å². The van der Waals surface area contributed by atoms with Gasteiger partial charge in [-0.1, -0.05) is 12.1 Å². The van der Waals surface area contributed by atoms with Crippen molar-refractivity contribution < 1.29 is 4.74 Å². The highest BCUT2D eigenvalue weighted by molar-refractivity contribution is 14.0. The molecule has 3 heterocycles. The van der Waals surface area contributed by atoms with Crippen molar-refractivity contribution in [1.82, 2.24) is 15.6 Å². The number of pyridine rings is 1. The molecule has 7 nitrogen and oxygen atoms in total. The van der Waals surface area contributed by atoms with Crippen LogP contribution >= 0.6 is 24.0 Å². The first-order valence-electron chi connectivity index (χ1n) is 11.9. The Balaban J connectivity index is 0.00000306. The van der Waals surface area contributed by atoms with Crippen LogP contribution in [0.25, 0.3) is 0 Å². The molecular weight excluding hydrogens is 527 g/mol. The minimum Gasteiger partial charge on any atom is -0.495 e. The van der Waals surface area contributed by atoms with Crippen LogP contribution in [0.15, 0.2) is 47.6 Å². The van der Waals surface area contributed by atoms with Gasteiger partial charge >= 0.3 is 0 Å². The number of rotatable bonds is 7. The third-order valence-corrected chi connectivity index (χ3v) is 6.21. The van der Waals surface area contributed by atoms with Crippen molar-refractivity contribution in [2.45, 2.75) is 45.2 Å². The number of halogens is 1. The van der Waals surface area contributed by atoms with Gasteiger partial charge in [-0.3, -0.25) is 0 Å². The molecule has 2 aliphatic heterocycles. The molecule has 2 saturated heterocycles. The number of methoxy groups -OCH3 is 1. The standard InChI is InChI=1S/C25H36N6O.HI/c1-3-26-25(28-18-20-11-13-27-24(17-20)30-14-7-4-8-15-30)29-21-12-16-31(19-21)22-9-5-6-10-23(22)32-2;/h5-6,9-11,13,17,21H,3-4,7-8,12,14-16,18-19H2,1-2H3,(H2,26,28,29);1H. The number of anilines is 2. The summed E-state index contributed by atoms with van der Waals surface area (Å²) in [6.45, 7) is 7.72.